The molecular weight excluding hydrogens is 409 g/mol. The molecular formula is C21H28FN3O6. The molecule has 1 atom stereocenters. The van der Waals surface area contributed by atoms with Crippen molar-refractivity contribution in [1.82, 2.24) is 5.32 Å². The zero-order valence-corrected chi connectivity index (χ0v) is 17.5. The number of hydrogen-bond donors (Lipinski definition) is 2. The number of nitrogens with one attached hydrogen (secondary N) is 1. The summed E-state index contributed by atoms with van der Waals surface area (Å²) < 4.78 is 31.5. The maximum absolute atomic E-state index is 14.9. The van der Waals surface area contributed by atoms with Gasteiger partial charge in [0.05, 0.1) is 44.3 Å². The Morgan fingerprint density at radius 3 is 2.61 bits per heavy atom. The van der Waals surface area contributed by atoms with Crippen LogP contribution >= 0.6 is 0 Å². The molecule has 31 heavy (non-hydrogen) atoms. The molecule has 3 aliphatic rings. The van der Waals surface area contributed by atoms with Crippen molar-refractivity contribution >= 4 is 23.4 Å². The third kappa shape index (κ3) is 4.46. The van der Waals surface area contributed by atoms with Gasteiger partial charge in [-0.2, -0.15) is 0 Å². The Bertz CT molecular complexity index is 823. The number of nitrogens with zero attached hydrogens (tertiary/aromatic N) is 2. The summed E-state index contributed by atoms with van der Waals surface area (Å²) in [6.45, 7) is 3.84. The van der Waals surface area contributed by atoms with Crippen LogP contribution in [-0.2, 0) is 19.0 Å². The van der Waals surface area contributed by atoms with Crippen molar-refractivity contribution in [2.45, 2.75) is 31.7 Å². The standard InChI is InChI=1S/C21H28FN3O6/c1-14(27)23-11-17-12-25(20(28)31-17)16-2-3-19(18(22)10-16)24-6-4-15(5-7-24)21(13-26)29-8-9-30-21/h2-3,10,15,17,26H,4-9,11-13H2,1H3,(H,23,27)/t17-/m0/s1. The summed E-state index contributed by atoms with van der Waals surface area (Å²) >= 11 is 0. The number of carbonyl (C=O) groups excluding carboxylic acids is 2. The molecule has 0 aliphatic carbocycles. The van der Waals surface area contributed by atoms with Gasteiger partial charge in [0.25, 0.3) is 0 Å². The van der Waals surface area contributed by atoms with E-state index in [9.17, 15) is 19.1 Å². The molecule has 1 aromatic carbocycles. The number of piperidine rings is 1. The smallest absolute Gasteiger partial charge is 0.414 e. The van der Waals surface area contributed by atoms with Crippen LogP contribution in [0.5, 0.6) is 0 Å². The van der Waals surface area contributed by atoms with Crippen molar-refractivity contribution in [3.05, 3.63) is 24.0 Å². The van der Waals surface area contributed by atoms with Gasteiger partial charge in [-0.3, -0.25) is 9.69 Å². The second-order valence-corrected chi connectivity index (χ2v) is 8.12. The van der Waals surface area contributed by atoms with E-state index in [0.717, 1.165) is 0 Å². The SMILES string of the molecule is CC(=O)NC[C@H]1CN(c2ccc(N3CCC(C4(CO)OCCO4)CC3)c(F)c2)C(=O)O1. The van der Waals surface area contributed by atoms with Crippen molar-refractivity contribution in [2.24, 2.45) is 5.92 Å². The lowest BCUT2D eigenvalue weighted by Crippen LogP contribution is -2.48. The number of hydrogen-bond acceptors (Lipinski definition) is 7. The van der Waals surface area contributed by atoms with Crippen molar-refractivity contribution in [2.75, 3.05) is 55.8 Å². The van der Waals surface area contributed by atoms with E-state index in [1.807, 2.05) is 4.90 Å². The van der Waals surface area contributed by atoms with E-state index in [4.69, 9.17) is 14.2 Å². The molecule has 0 bridgehead atoms. The van der Waals surface area contributed by atoms with E-state index in [1.54, 1.807) is 12.1 Å². The second-order valence-electron chi connectivity index (χ2n) is 8.12. The Morgan fingerprint density at radius 1 is 1.29 bits per heavy atom. The van der Waals surface area contributed by atoms with Gasteiger partial charge < -0.3 is 29.5 Å². The van der Waals surface area contributed by atoms with Crippen LogP contribution in [0.25, 0.3) is 0 Å². The molecule has 10 heteroatoms. The molecule has 0 unspecified atom stereocenters. The predicted molar refractivity (Wildman–Crippen MR) is 109 cm³/mol. The van der Waals surface area contributed by atoms with Crippen LogP contribution in [0.3, 0.4) is 0 Å². The van der Waals surface area contributed by atoms with Gasteiger partial charge in [0.15, 0.2) is 5.79 Å². The van der Waals surface area contributed by atoms with Crippen LogP contribution < -0.4 is 15.1 Å². The summed E-state index contributed by atoms with van der Waals surface area (Å²) in [5, 5.41) is 12.4. The second kappa shape index (κ2) is 8.97. The quantitative estimate of drug-likeness (QED) is 0.691. The highest BCUT2D eigenvalue weighted by molar-refractivity contribution is 5.90. The molecule has 0 spiro atoms. The van der Waals surface area contributed by atoms with Gasteiger partial charge in [-0.15, -0.1) is 0 Å². The monoisotopic (exact) mass is 437 g/mol. The van der Waals surface area contributed by atoms with Gasteiger partial charge in [0.1, 0.15) is 11.9 Å². The van der Waals surface area contributed by atoms with Gasteiger partial charge in [-0.1, -0.05) is 0 Å². The molecule has 0 saturated carbocycles. The number of rotatable bonds is 6. The van der Waals surface area contributed by atoms with Gasteiger partial charge in [0.2, 0.25) is 5.91 Å². The van der Waals surface area contributed by atoms with Crippen LogP contribution in [0.1, 0.15) is 19.8 Å². The predicted octanol–water partition coefficient (Wildman–Crippen LogP) is 1.24. The number of cyclic esters (lactones) is 1. The molecule has 2 amide bonds. The third-order valence-electron chi connectivity index (χ3n) is 6.15. The molecule has 3 saturated heterocycles. The number of aliphatic hydroxyl groups excluding tert-OH is 1. The fraction of sp³-hybridized carbons (Fsp3) is 0.619. The van der Waals surface area contributed by atoms with E-state index in [1.165, 1.54) is 17.9 Å². The molecule has 9 nitrogen and oxygen atoms in total. The fourth-order valence-corrected chi connectivity index (χ4v) is 4.50. The molecule has 0 aromatic heterocycles. The summed E-state index contributed by atoms with van der Waals surface area (Å²) in [6, 6.07) is 4.70. The Balaban J connectivity index is 1.38. The fourth-order valence-electron chi connectivity index (χ4n) is 4.50. The Hall–Kier alpha value is -2.43. The number of aliphatic hydroxyl groups is 1. The van der Waals surface area contributed by atoms with Crippen molar-refractivity contribution < 1.29 is 33.3 Å². The number of amides is 2. The van der Waals surface area contributed by atoms with E-state index < -0.39 is 23.8 Å². The van der Waals surface area contributed by atoms with Crippen LogP contribution in [0.4, 0.5) is 20.6 Å². The third-order valence-corrected chi connectivity index (χ3v) is 6.15. The van der Waals surface area contributed by atoms with E-state index in [2.05, 4.69) is 5.32 Å². The van der Waals surface area contributed by atoms with E-state index in [0.29, 0.717) is 50.5 Å². The number of ether oxygens (including phenoxy) is 3. The van der Waals surface area contributed by atoms with Crippen LogP contribution in [0.2, 0.25) is 0 Å². The first-order valence-corrected chi connectivity index (χ1v) is 10.6. The van der Waals surface area contributed by atoms with Gasteiger partial charge in [-0.05, 0) is 31.0 Å². The minimum atomic E-state index is -0.932. The highest BCUT2D eigenvalue weighted by atomic mass is 19.1. The van der Waals surface area contributed by atoms with E-state index in [-0.39, 0.29) is 31.5 Å². The number of anilines is 2. The molecule has 4 rings (SSSR count). The molecule has 2 N–H and O–H groups in total. The van der Waals surface area contributed by atoms with E-state index >= 15 is 0 Å². The Labute approximate surface area is 180 Å². The normalized spacial score (nSPS) is 23.8. The van der Waals surface area contributed by atoms with Crippen molar-refractivity contribution in [3.8, 4) is 0 Å². The summed E-state index contributed by atoms with van der Waals surface area (Å²) in [5.41, 5.74) is 0.884. The lowest BCUT2D eigenvalue weighted by Gasteiger charge is -2.40. The van der Waals surface area contributed by atoms with Crippen LogP contribution in [0.15, 0.2) is 18.2 Å². The summed E-state index contributed by atoms with van der Waals surface area (Å²) in [5.74, 6) is -1.50. The van der Waals surface area contributed by atoms with Gasteiger partial charge in [-0.25, -0.2) is 9.18 Å². The van der Waals surface area contributed by atoms with Crippen LogP contribution in [0, 0.1) is 11.7 Å². The number of benzene rings is 1. The lowest BCUT2D eigenvalue weighted by molar-refractivity contribution is -0.221. The highest BCUT2D eigenvalue weighted by Crippen LogP contribution is 2.37. The first kappa shape index (κ1) is 21.8. The molecule has 3 aliphatic heterocycles. The zero-order chi connectivity index (χ0) is 22.0. The average molecular weight is 437 g/mol. The Morgan fingerprint density at radius 2 is 2.00 bits per heavy atom. The van der Waals surface area contributed by atoms with Crippen LogP contribution in [-0.4, -0.2) is 75.0 Å². The maximum atomic E-state index is 14.9. The highest BCUT2D eigenvalue weighted by Gasteiger charge is 2.45. The Kier molecular flexibility index (Phi) is 6.31. The summed E-state index contributed by atoms with van der Waals surface area (Å²) in [4.78, 5) is 26.5. The minimum absolute atomic E-state index is 0.0542. The van der Waals surface area contributed by atoms with Gasteiger partial charge >= 0.3 is 6.09 Å². The van der Waals surface area contributed by atoms with Crippen molar-refractivity contribution in [1.29, 1.82) is 0 Å². The lowest BCUT2D eigenvalue weighted by atomic mass is 9.88. The molecule has 3 fully saturated rings. The zero-order valence-electron chi connectivity index (χ0n) is 17.5. The molecule has 3 heterocycles. The maximum Gasteiger partial charge on any atom is 0.414 e. The molecule has 1 aromatic rings. The van der Waals surface area contributed by atoms with Gasteiger partial charge in [0, 0.05) is 25.9 Å². The summed E-state index contributed by atoms with van der Waals surface area (Å²) in [7, 11) is 0. The minimum Gasteiger partial charge on any atom is -0.442 e. The number of halogens is 1. The first-order valence-electron chi connectivity index (χ1n) is 10.6. The summed E-state index contributed by atoms with van der Waals surface area (Å²) in [6.07, 6.45) is 0.391. The van der Waals surface area contributed by atoms with Crippen molar-refractivity contribution in [3.63, 3.8) is 0 Å². The number of carbonyl (C=O) groups is 2. The molecule has 170 valence electrons. The first-order chi connectivity index (χ1) is 14.9. The largest absolute Gasteiger partial charge is 0.442 e. The topological polar surface area (TPSA) is 101 Å². The molecule has 0 radical (unpaired) electrons. The average Bonchev–Trinajstić information content (AvgIpc) is 3.40.